The van der Waals surface area contributed by atoms with Crippen molar-refractivity contribution in [2.24, 2.45) is 5.11 Å². The van der Waals surface area contributed by atoms with Gasteiger partial charge in [0.05, 0.1) is 42.8 Å². The van der Waals surface area contributed by atoms with Crippen LogP contribution in [0.5, 0.6) is 0 Å². The Labute approximate surface area is 160 Å². The van der Waals surface area contributed by atoms with Crippen molar-refractivity contribution in [1.29, 1.82) is 5.53 Å². The standard InChI is InChI=1S/C18H19N9O/c1-12(13-3-5-27-15(8-13)2-4-21-27)23-18-17(25-19)20-10-16(24-18)14-9-22-26(11-14)6-7-28/h2-5,8-12,19,28H,6-7H2,1H3,(H,23,24)/t12-/m0/s1. The normalized spacial score (nSPS) is 12.2. The van der Waals surface area contributed by atoms with Gasteiger partial charge in [-0.2, -0.15) is 10.2 Å². The fraction of sp³-hybridized carbons (Fsp3) is 0.222. The predicted molar refractivity (Wildman–Crippen MR) is 102 cm³/mol. The fourth-order valence-corrected chi connectivity index (χ4v) is 2.92. The summed E-state index contributed by atoms with van der Waals surface area (Å²) in [5, 5.41) is 24.2. The topological polar surface area (TPSA) is 129 Å². The van der Waals surface area contributed by atoms with E-state index in [1.54, 1.807) is 34.0 Å². The highest BCUT2D eigenvalue weighted by Crippen LogP contribution is 2.28. The minimum atomic E-state index is -0.0814. The van der Waals surface area contributed by atoms with Gasteiger partial charge in [0, 0.05) is 24.2 Å². The Kier molecular flexibility index (Phi) is 4.77. The molecular weight excluding hydrogens is 358 g/mol. The molecule has 0 radical (unpaired) electrons. The van der Waals surface area contributed by atoms with E-state index in [0.29, 0.717) is 18.1 Å². The van der Waals surface area contributed by atoms with Gasteiger partial charge in [-0.3, -0.25) is 4.68 Å². The quantitative estimate of drug-likeness (QED) is 0.425. The summed E-state index contributed by atoms with van der Waals surface area (Å²) in [5.74, 6) is 0.632. The lowest BCUT2D eigenvalue weighted by atomic mass is 10.1. The lowest BCUT2D eigenvalue weighted by molar-refractivity contribution is 0.269. The average molecular weight is 377 g/mol. The lowest BCUT2D eigenvalue weighted by Gasteiger charge is -2.16. The van der Waals surface area contributed by atoms with E-state index in [1.165, 1.54) is 0 Å². The second-order valence-corrected chi connectivity index (χ2v) is 6.28. The number of hydrogen-bond donors (Lipinski definition) is 3. The third-order valence-corrected chi connectivity index (χ3v) is 4.39. The summed E-state index contributed by atoms with van der Waals surface area (Å²) in [6.45, 7) is 2.42. The van der Waals surface area contributed by atoms with E-state index in [2.05, 4.69) is 30.6 Å². The Morgan fingerprint density at radius 3 is 3.00 bits per heavy atom. The first-order valence-corrected chi connectivity index (χ1v) is 8.76. The van der Waals surface area contributed by atoms with Crippen LogP contribution in [-0.2, 0) is 6.54 Å². The van der Waals surface area contributed by atoms with Crippen molar-refractivity contribution in [3.63, 3.8) is 0 Å². The Morgan fingerprint density at radius 1 is 1.29 bits per heavy atom. The minimum absolute atomic E-state index is 0.00924. The predicted octanol–water partition coefficient (Wildman–Crippen LogP) is 2.82. The third kappa shape index (κ3) is 3.45. The molecule has 3 N–H and O–H groups in total. The molecule has 0 saturated heterocycles. The number of hydrogen-bond acceptors (Lipinski definition) is 8. The number of aromatic nitrogens is 6. The molecule has 10 nitrogen and oxygen atoms in total. The first kappa shape index (κ1) is 17.7. The van der Waals surface area contributed by atoms with Crippen LogP contribution in [0, 0.1) is 5.53 Å². The maximum Gasteiger partial charge on any atom is 0.216 e. The zero-order valence-electron chi connectivity index (χ0n) is 15.2. The summed E-state index contributed by atoms with van der Waals surface area (Å²) in [6, 6.07) is 5.87. The summed E-state index contributed by atoms with van der Waals surface area (Å²) >= 11 is 0. The van der Waals surface area contributed by atoms with Gasteiger partial charge >= 0.3 is 0 Å². The molecule has 0 aromatic carbocycles. The highest BCUT2D eigenvalue weighted by Gasteiger charge is 2.14. The monoisotopic (exact) mass is 377 g/mol. The smallest absolute Gasteiger partial charge is 0.216 e. The van der Waals surface area contributed by atoms with Crippen LogP contribution in [0.4, 0.5) is 11.6 Å². The summed E-state index contributed by atoms with van der Waals surface area (Å²) in [6.07, 6.45) is 8.66. The van der Waals surface area contributed by atoms with Crippen molar-refractivity contribution in [3.8, 4) is 11.3 Å². The molecule has 0 aliphatic carbocycles. The van der Waals surface area contributed by atoms with Gasteiger partial charge in [0.2, 0.25) is 5.82 Å². The molecule has 0 aliphatic rings. The molecule has 0 amide bonds. The van der Waals surface area contributed by atoms with E-state index in [4.69, 9.17) is 10.6 Å². The molecule has 4 aromatic heterocycles. The zero-order valence-corrected chi connectivity index (χ0v) is 15.2. The van der Waals surface area contributed by atoms with Gasteiger partial charge in [0.25, 0.3) is 0 Å². The van der Waals surface area contributed by atoms with Crippen molar-refractivity contribution in [3.05, 3.63) is 54.7 Å². The van der Waals surface area contributed by atoms with E-state index in [1.807, 2.05) is 31.3 Å². The molecule has 4 rings (SSSR count). The minimum Gasteiger partial charge on any atom is -0.394 e. The van der Waals surface area contributed by atoms with Crippen LogP contribution in [0.3, 0.4) is 0 Å². The number of pyridine rings is 1. The molecule has 142 valence electrons. The van der Waals surface area contributed by atoms with Crippen LogP contribution in [0.2, 0.25) is 0 Å². The Morgan fingerprint density at radius 2 is 2.18 bits per heavy atom. The highest BCUT2D eigenvalue weighted by molar-refractivity contribution is 5.64. The fourth-order valence-electron chi connectivity index (χ4n) is 2.92. The van der Waals surface area contributed by atoms with E-state index in [0.717, 1.165) is 16.6 Å². The molecule has 0 spiro atoms. The SMILES string of the molecule is C[C@H](Nc1nc(-c2cnn(CCO)c2)cnc1N=N)c1ccn2nccc2c1. The van der Waals surface area contributed by atoms with Crippen LogP contribution in [0.1, 0.15) is 18.5 Å². The molecule has 28 heavy (non-hydrogen) atoms. The van der Waals surface area contributed by atoms with Crippen LogP contribution in [-0.4, -0.2) is 41.1 Å². The summed E-state index contributed by atoms with van der Waals surface area (Å²) in [4.78, 5) is 8.82. The van der Waals surface area contributed by atoms with Crippen LogP contribution in [0.25, 0.3) is 16.8 Å². The summed E-state index contributed by atoms with van der Waals surface area (Å²) in [5.41, 5.74) is 10.8. The van der Waals surface area contributed by atoms with Gasteiger partial charge < -0.3 is 10.4 Å². The zero-order chi connectivity index (χ0) is 19.5. The van der Waals surface area contributed by atoms with Gasteiger partial charge in [0.1, 0.15) is 0 Å². The average Bonchev–Trinajstić information content (AvgIpc) is 3.37. The maximum atomic E-state index is 9.03. The van der Waals surface area contributed by atoms with Gasteiger partial charge in [-0.25, -0.2) is 20.0 Å². The van der Waals surface area contributed by atoms with Crippen LogP contribution in [0.15, 0.2) is 54.3 Å². The first-order valence-electron chi connectivity index (χ1n) is 8.76. The number of nitrogens with zero attached hydrogens (tertiary/aromatic N) is 7. The second kappa shape index (κ2) is 7.53. The molecule has 4 heterocycles. The highest BCUT2D eigenvalue weighted by atomic mass is 16.3. The van der Waals surface area contributed by atoms with E-state index in [-0.39, 0.29) is 18.5 Å². The number of anilines is 1. The number of nitrogens with one attached hydrogen (secondary N) is 2. The second-order valence-electron chi connectivity index (χ2n) is 6.28. The molecular formula is C18H19N9O. The number of fused-ring (bicyclic) bond motifs is 1. The van der Waals surface area contributed by atoms with Crippen molar-refractivity contribution in [2.45, 2.75) is 19.5 Å². The molecule has 10 heteroatoms. The van der Waals surface area contributed by atoms with Gasteiger partial charge in [-0.05, 0) is 30.7 Å². The number of aliphatic hydroxyl groups excluding tert-OH is 1. The van der Waals surface area contributed by atoms with Crippen molar-refractivity contribution < 1.29 is 5.11 Å². The summed E-state index contributed by atoms with van der Waals surface area (Å²) < 4.78 is 3.43. The molecule has 0 saturated carbocycles. The molecule has 1 atom stereocenters. The third-order valence-electron chi connectivity index (χ3n) is 4.39. The van der Waals surface area contributed by atoms with Crippen LogP contribution < -0.4 is 5.32 Å². The van der Waals surface area contributed by atoms with Gasteiger partial charge in [-0.15, -0.1) is 5.11 Å². The van der Waals surface area contributed by atoms with Crippen molar-refractivity contribution in [1.82, 2.24) is 29.4 Å². The maximum absolute atomic E-state index is 9.03. The number of rotatable bonds is 7. The molecule has 0 bridgehead atoms. The number of aliphatic hydroxyl groups is 1. The van der Waals surface area contributed by atoms with E-state index >= 15 is 0 Å². The Bertz CT molecular complexity index is 1120. The Balaban J connectivity index is 1.62. The van der Waals surface area contributed by atoms with Crippen molar-refractivity contribution >= 4 is 17.2 Å². The Hall–Kier alpha value is -3.66. The van der Waals surface area contributed by atoms with Gasteiger partial charge in [0.15, 0.2) is 5.82 Å². The van der Waals surface area contributed by atoms with Crippen LogP contribution >= 0.6 is 0 Å². The molecule has 0 unspecified atom stereocenters. The van der Waals surface area contributed by atoms with Crippen molar-refractivity contribution in [2.75, 3.05) is 11.9 Å². The summed E-state index contributed by atoms with van der Waals surface area (Å²) in [7, 11) is 0. The lowest BCUT2D eigenvalue weighted by Crippen LogP contribution is -2.09. The molecule has 4 aromatic rings. The van der Waals surface area contributed by atoms with E-state index < -0.39 is 0 Å². The molecule has 0 aliphatic heterocycles. The largest absolute Gasteiger partial charge is 0.394 e. The molecule has 0 fully saturated rings. The first-order chi connectivity index (χ1) is 13.7. The van der Waals surface area contributed by atoms with Gasteiger partial charge in [-0.1, -0.05) is 0 Å². The van der Waals surface area contributed by atoms with E-state index in [9.17, 15) is 0 Å².